The summed E-state index contributed by atoms with van der Waals surface area (Å²) in [7, 11) is 0. The van der Waals surface area contributed by atoms with Crippen LogP contribution >= 0.6 is 0 Å². The predicted octanol–water partition coefficient (Wildman–Crippen LogP) is 5.84. The quantitative estimate of drug-likeness (QED) is 0.494. The minimum Gasteiger partial charge on any atom is -0.493 e. The monoisotopic (exact) mass is 452 g/mol. The molecule has 11 heteroatoms. The highest BCUT2D eigenvalue weighted by Gasteiger charge is 2.37. The third kappa shape index (κ3) is 4.69. The van der Waals surface area contributed by atoms with Gasteiger partial charge in [-0.1, -0.05) is 5.21 Å². The molecule has 4 rings (SSSR count). The number of halogens is 6. The van der Waals surface area contributed by atoms with Gasteiger partial charge in [-0.3, -0.25) is 0 Å². The van der Waals surface area contributed by atoms with Gasteiger partial charge in [0.05, 0.1) is 17.7 Å². The van der Waals surface area contributed by atoms with Crippen LogP contribution in [0.1, 0.15) is 29.7 Å². The van der Waals surface area contributed by atoms with Crippen LogP contribution in [0.3, 0.4) is 0 Å². The topological polar surface area (TPSA) is 74.6 Å². The fourth-order valence-electron chi connectivity index (χ4n) is 3.11. The third-order valence-electron chi connectivity index (χ3n) is 4.94. The summed E-state index contributed by atoms with van der Waals surface area (Å²) in [6.07, 6.45) is -7.98. The van der Waals surface area contributed by atoms with Crippen molar-refractivity contribution in [3.05, 3.63) is 53.2 Å². The third-order valence-corrected chi connectivity index (χ3v) is 4.94. The SMILES string of the molecule is N#Cc1[nH]nnc1-c1cc(OCC2CC2)cc(-c2cc(C(F)(F)F)cc(C(F)(F)F)c2)c1. The van der Waals surface area contributed by atoms with Crippen molar-refractivity contribution < 1.29 is 31.1 Å². The van der Waals surface area contributed by atoms with E-state index < -0.39 is 23.5 Å². The molecular formula is C21H14F6N4O. The molecule has 0 atom stereocenters. The molecule has 1 saturated carbocycles. The van der Waals surface area contributed by atoms with E-state index in [9.17, 15) is 31.6 Å². The first-order valence-electron chi connectivity index (χ1n) is 9.44. The number of ether oxygens (including phenoxy) is 1. The Morgan fingerprint density at radius 3 is 2.06 bits per heavy atom. The van der Waals surface area contributed by atoms with Gasteiger partial charge >= 0.3 is 12.4 Å². The first kappa shape index (κ1) is 21.7. The lowest BCUT2D eigenvalue weighted by atomic mass is 9.96. The van der Waals surface area contributed by atoms with Gasteiger partial charge in [-0.2, -0.15) is 31.6 Å². The number of hydrogen-bond acceptors (Lipinski definition) is 4. The zero-order valence-electron chi connectivity index (χ0n) is 16.2. The highest BCUT2D eigenvalue weighted by atomic mass is 19.4. The molecule has 1 heterocycles. The Hall–Kier alpha value is -3.55. The van der Waals surface area contributed by atoms with Gasteiger partial charge in [0.1, 0.15) is 17.5 Å². The van der Waals surface area contributed by atoms with Crippen molar-refractivity contribution in [1.29, 1.82) is 5.26 Å². The zero-order valence-corrected chi connectivity index (χ0v) is 16.2. The van der Waals surface area contributed by atoms with Crippen LogP contribution in [-0.2, 0) is 12.4 Å². The van der Waals surface area contributed by atoms with Crippen molar-refractivity contribution in [2.24, 2.45) is 5.92 Å². The molecule has 0 saturated heterocycles. The number of rotatable bonds is 5. The van der Waals surface area contributed by atoms with Gasteiger partial charge in [0.2, 0.25) is 0 Å². The van der Waals surface area contributed by atoms with Gasteiger partial charge in [-0.25, -0.2) is 5.10 Å². The van der Waals surface area contributed by atoms with Gasteiger partial charge < -0.3 is 4.74 Å². The van der Waals surface area contributed by atoms with E-state index in [-0.39, 0.29) is 39.9 Å². The number of benzene rings is 2. The smallest absolute Gasteiger partial charge is 0.416 e. The molecule has 1 aliphatic rings. The van der Waals surface area contributed by atoms with E-state index in [1.54, 1.807) is 0 Å². The molecule has 2 aromatic carbocycles. The number of hydrogen-bond donors (Lipinski definition) is 1. The average Bonchev–Trinajstić information content (AvgIpc) is 3.44. The van der Waals surface area contributed by atoms with Crippen molar-refractivity contribution >= 4 is 0 Å². The van der Waals surface area contributed by atoms with E-state index in [0.29, 0.717) is 24.7 Å². The molecule has 1 aromatic heterocycles. The molecule has 5 nitrogen and oxygen atoms in total. The molecule has 32 heavy (non-hydrogen) atoms. The van der Waals surface area contributed by atoms with Crippen LogP contribution in [0, 0.1) is 17.2 Å². The standard InChI is InChI=1S/C21H14F6N4O/c22-20(23,24)15-4-13(5-16(8-15)21(25,26)27)12-3-14(19-18(9-28)29-31-30-19)7-17(6-12)32-10-11-1-2-11/h3-8,11H,1-2,10H2,(H,29,30,31). The van der Waals surface area contributed by atoms with Crippen LogP contribution in [0.5, 0.6) is 5.75 Å². The summed E-state index contributed by atoms with van der Waals surface area (Å²) >= 11 is 0. The van der Waals surface area contributed by atoms with E-state index in [0.717, 1.165) is 12.8 Å². The van der Waals surface area contributed by atoms with E-state index in [4.69, 9.17) is 4.74 Å². The van der Waals surface area contributed by atoms with Crippen LogP contribution in [0.25, 0.3) is 22.4 Å². The lowest BCUT2D eigenvalue weighted by Crippen LogP contribution is -2.11. The Kier molecular flexibility index (Phi) is 5.32. The molecule has 0 bridgehead atoms. The highest BCUT2D eigenvalue weighted by molar-refractivity contribution is 5.76. The first-order valence-corrected chi connectivity index (χ1v) is 9.44. The molecule has 0 aliphatic heterocycles. The summed E-state index contributed by atoms with van der Waals surface area (Å²) < 4.78 is 85.5. The molecule has 3 aromatic rings. The number of aromatic amines is 1. The molecule has 1 N–H and O–H groups in total. The summed E-state index contributed by atoms with van der Waals surface area (Å²) in [5, 5.41) is 19.0. The van der Waals surface area contributed by atoms with Gasteiger partial charge in [0, 0.05) is 5.56 Å². The lowest BCUT2D eigenvalue weighted by molar-refractivity contribution is -0.143. The minimum absolute atomic E-state index is 0.00434. The van der Waals surface area contributed by atoms with E-state index >= 15 is 0 Å². The normalized spacial score (nSPS) is 14.3. The van der Waals surface area contributed by atoms with Crippen molar-refractivity contribution in [2.45, 2.75) is 25.2 Å². The molecule has 166 valence electrons. The fraction of sp³-hybridized carbons (Fsp3) is 0.286. The largest absolute Gasteiger partial charge is 0.493 e. The summed E-state index contributed by atoms with van der Waals surface area (Å²) in [5.74, 6) is 0.594. The number of nitriles is 1. The Labute approximate surface area is 177 Å². The molecule has 0 unspecified atom stereocenters. The average molecular weight is 452 g/mol. The summed E-state index contributed by atoms with van der Waals surface area (Å²) in [4.78, 5) is 0. The van der Waals surface area contributed by atoms with Gasteiger partial charge in [0.15, 0.2) is 5.69 Å². The summed E-state index contributed by atoms with van der Waals surface area (Å²) in [6, 6.07) is 7.45. The maximum atomic E-state index is 13.3. The molecule has 1 aliphatic carbocycles. The summed E-state index contributed by atoms with van der Waals surface area (Å²) in [5.41, 5.74) is -2.72. The van der Waals surface area contributed by atoms with Crippen LogP contribution < -0.4 is 4.74 Å². The number of nitrogens with one attached hydrogen (secondary N) is 1. The lowest BCUT2D eigenvalue weighted by Gasteiger charge is -2.16. The van der Waals surface area contributed by atoms with Crippen molar-refractivity contribution in [3.8, 4) is 34.2 Å². The minimum atomic E-state index is -4.97. The van der Waals surface area contributed by atoms with Crippen LogP contribution in [0.4, 0.5) is 26.3 Å². The van der Waals surface area contributed by atoms with Gasteiger partial charge in [-0.15, -0.1) is 5.10 Å². The number of H-pyrrole nitrogens is 1. The summed E-state index contributed by atoms with van der Waals surface area (Å²) in [6.45, 7) is 0.364. The first-order chi connectivity index (χ1) is 15.0. The molecular weight excluding hydrogens is 438 g/mol. The predicted molar refractivity (Wildman–Crippen MR) is 100 cm³/mol. The Balaban J connectivity index is 1.87. The highest BCUT2D eigenvalue weighted by Crippen LogP contribution is 2.40. The molecule has 0 radical (unpaired) electrons. The molecule has 0 amide bonds. The van der Waals surface area contributed by atoms with Crippen molar-refractivity contribution in [1.82, 2.24) is 15.4 Å². The van der Waals surface area contributed by atoms with Crippen molar-refractivity contribution in [3.63, 3.8) is 0 Å². The number of nitrogens with zero attached hydrogens (tertiary/aromatic N) is 3. The van der Waals surface area contributed by atoms with Crippen LogP contribution in [0.2, 0.25) is 0 Å². The zero-order chi connectivity index (χ0) is 23.1. The van der Waals surface area contributed by atoms with E-state index in [1.165, 1.54) is 18.2 Å². The van der Waals surface area contributed by atoms with Crippen LogP contribution in [0.15, 0.2) is 36.4 Å². The Morgan fingerprint density at radius 2 is 1.50 bits per heavy atom. The Bertz CT molecular complexity index is 1160. The van der Waals surface area contributed by atoms with Gasteiger partial charge in [-0.05, 0) is 66.3 Å². The van der Waals surface area contributed by atoms with Crippen molar-refractivity contribution in [2.75, 3.05) is 6.61 Å². The van der Waals surface area contributed by atoms with E-state index in [1.807, 2.05) is 6.07 Å². The second kappa shape index (κ2) is 7.85. The second-order valence-electron chi connectivity index (χ2n) is 7.44. The van der Waals surface area contributed by atoms with Crippen LogP contribution in [-0.4, -0.2) is 22.0 Å². The second-order valence-corrected chi connectivity index (χ2v) is 7.44. The maximum absolute atomic E-state index is 13.3. The van der Waals surface area contributed by atoms with E-state index in [2.05, 4.69) is 15.4 Å². The number of alkyl halides is 6. The fourth-order valence-corrected chi connectivity index (χ4v) is 3.11. The molecule has 1 fully saturated rings. The molecule has 0 spiro atoms. The Morgan fingerprint density at radius 1 is 0.906 bits per heavy atom. The van der Waals surface area contributed by atoms with Gasteiger partial charge in [0.25, 0.3) is 0 Å². The number of aromatic nitrogens is 3. The maximum Gasteiger partial charge on any atom is 0.416 e.